The van der Waals surface area contributed by atoms with Gasteiger partial charge in [0, 0.05) is 18.4 Å². The van der Waals surface area contributed by atoms with Crippen molar-refractivity contribution in [1.29, 1.82) is 0 Å². The average molecular weight is 249 g/mol. The van der Waals surface area contributed by atoms with Crippen LogP contribution in [-0.2, 0) is 0 Å². The van der Waals surface area contributed by atoms with Crippen molar-refractivity contribution in [3.63, 3.8) is 0 Å². The summed E-state index contributed by atoms with van der Waals surface area (Å²) in [6.45, 7) is 2.31. The summed E-state index contributed by atoms with van der Waals surface area (Å²) in [6.07, 6.45) is 2.25. The standard InChI is InChI=1S/C13H15NS2/c1-13-8-9(7-12(15)14(13)2)10-5-3-4-6-11(10)16-13/h3-6,9H,7-8H2,1-2H3. The third kappa shape index (κ3) is 1.41. The Morgan fingerprint density at radius 2 is 2.19 bits per heavy atom. The van der Waals surface area contributed by atoms with Crippen molar-refractivity contribution in [1.82, 2.24) is 4.90 Å². The molecule has 3 heteroatoms. The van der Waals surface area contributed by atoms with Crippen LogP contribution >= 0.6 is 24.0 Å². The van der Waals surface area contributed by atoms with Crippen molar-refractivity contribution in [2.75, 3.05) is 7.05 Å². The Morgan fingerprint density at radius 1 is 1.44 bits per heavy atom. The predicted molar refractivity (Wildman–Crippen MR) is 73.0 cm³/mol. The summed E-state index contributed by atoms with van der Waals surface area (Å²) < 4.78 is 0. The van der Waals surface area contributed by atoms with Gasteiger partial charge in [-0.25, -0.2) is 0 Å². The molecular formula is C13H15NS2. The molecule has 84 valence electrons. The molecule has 1 nitrogen and oxygen atoms in total. The van der Waals surface area contributed by atoms with Crippen molar-refractivity contribution in [3.05, 3.63) is 29.8 Å². The maximum Gasteiger partial charge on any atom is 0.0885 e. The van der Waals surface area contributed by atoms with Crippen LogP contribution in [0.3, 0.4) is 0 Å². The minimum Gasteiger partial charge on any atom is -0.354 e. The molecule has 2 aliphatic heterocycles. The Bertz CT molecular complexity index is 457. The molecule has 3 rings (SSSR count). The molecule has 0 aliphatic carbocycles. The Kier molecular flexibility index (Phi) is 2.30. The molecule has 2 unspecified atom stereocenters. The maximum atomic E-state index is 5.50. The second-order valence-corrected chi connectivity index (χ2v) is 6.87. The van der Waals surface area contributed by atoms with Crippen molar-refractivity contribution in [3.8, 4) is 0 Å². The average Bonchev–Trinajstić information content (AvgIpc) is 2.26. The molecule has 0 aromatic heterocycles. The highest BCUT2D eigenvalue weighted by atomic mass is 32.2. The van der Waals surface area contributed by atoms with Gasteiger partial charge in [-0.3, -0.25) is 0 Å². The normalized spacial score (nSPS) is 32.5. The lowest BCUT2D eigenvalue weighted by Gasteiger charge is -2.50. The second-order valence-electron chi connectivity index (χ2n) is 4.87. The minimum atomic E-state index is 0.161. The monoisotopic (exact) mass is 249 g/mol. The molecule has 2 atom stereocenters. The van der Waals surface area contributed by atoms with Crippen LogP contribution in [0.5, 0.6) is 0 Å². The summed E-state index contributed by atoms with van der Waals surface area (Å²) in [5, 5.41) is 0. The summed E-state index contributed by atoms with van der Waals surface area (Å²) in [5.41, 5.74) is 1.50. The first-order chi connectivity index (χ1) is 7.60. The number of nitrogens with zero attached hydrogens (tertiary/aromatic N) is 1. The van der Waals surface area contributed by atoms with Crippen LogP contribution in [0.2, 0.25) is 0 Å². The number of piperidine rings is 1. The van der Waals surface area contributed by atoms with E-state index in [1.807, 2.05) is 11.8 Å². The van der Waals surface area contributed by atoms with Gasteiger partial charge in [-0.05, 0) is 30.9 Å². The summed E-state index contributed by atoms with van der Waals surface area (Å²) in [7, 11) is 2.14. The van der Waals surface area contributed by atoms with E-state index in [4.69, 9.17) is 12.2 Å². The van der Waals surface area contributed by atoms with Gasteiger partial charge in [-0.1, -0.05) is 42.2 Å². The molecule has 2 heterocycles. The van der Waals surface area contributed by atoms with Crippen LogP contribution in [0.15, 0.2) is 29.2 Å². The molecule has 1 aromatic carbocycles. The smallest absolute Gasteiger partial charge is 0.0885 e. The van der Waals surface area contributed by atoms with E-state index in [-0.39, 0.29) is 4.87 Å². The molecule has 1 aromatic rings. The molecule has 0 saturated carbocycles. The third-order valence-electron chi connectivity index (χ3n) is 3.82. The fraction of sp³-hybridized carbons (Fsp3) is 0.462. The minimum absolute atomic E-state index is 0.161. The quantitative estimate of drug-likeness (QED) is 0.646. The molecule has 0 N–H and O–H groups in total. The van der Waals surface area contributed by atoms with E-state index in [9.17, 15) is 0 Å². The van der Waals surface area contributed by atoms with Crippen molar-refractivity contribution in [2.45, 2.75) is 35.4 Å². The van der Waals surface area contributed by atoms with Gasteiger partial charge in [-0.15, -0.1) is 0 Å². The van der Waals surface area contributed by atoms with E-state index in [0.29, 0.717) is 5.92 Å². The summed E-state index contributed by atoms with van der Waals surface area (Å²) in [6, 6.07) is 8.78. The van der Waals surface area contributed by atoms with Gasteiger partial charge >= 0.3 is 0 Å². The molecule has 0 spiro atoms. The van der Waals surface area contributed by atoms with Crippen LogP contribution in [0.1, 0.15) is 31.2 Å². The number of thioether (sulfide) groups is 1. The van der Waals surface area contributed by atoms with Gasteiger partial charge in [0.1, 0.15) is 0 Å². The molecule has 1 saturated heterocycles. The van der Waals surface area contributed by atoms with Crippen LogP contribution < -0.4 is 0 Å². The first-order valence-corrected chi connectivity index (χ1v) is 6.87. The van der Waals surface area contributed by atoms with Gasteiger partial charge in [0.15, 0.2) is 0 Å². The van der Waals surface area contributed by atoms with E-state index in [1.165, 1.54) is 16.9 Å². The lowest BCUT2D eigenvalue weighted by atomic mass is 9.85. The highest BCUT2D eigenvalue weighted by Crippen LogP contribution is 2.53. The zero-order valence-corrected chi connectivity index (χ0v) is 11.2. The Labute approximate surface area is 106 Å². The lowest BCUT2D eigenvalue weighted by Crippen LogP contribution is -2.51. The maximum absolute atomic E-state index is 5.50. The number of fused-ring (bicyclic) bond motifs is 4. The van der Waals surface area contributed by atoms with Gasteiger partial charge in [-0.2, -0.15) is 0 Å². The predicted octanol–water partition coefficient (Wildman–Crippen LogP) is 3.65. The van der Waals surface area contributed by atoms with E-state index in [1.54, 1.807) is 0 Å². The number of thiocarbonyl (C=S) groups is 1. The molecular weight excluding hydrogens is 234 g/mol. The van der Waals surface area contributed by atoms with Crippen LogP contribution in [-0.4, -0.2) is 21.8 Å². The van der Waals surface area contributed by atoms with Crippen molar-refractivity contribution < 1.29 is 0 Å². The zero-order chi connectivity index (χ0) is 11.3. The molecule has 2 aliphatic rings. The molecule has 0 amide bonds. The zero-order valence-electron chi connectivity index (χ0n) is 9.56. The summed E-state index contributed by atoms with van der Waals surface area (Å²) in [5.74, 6) is 0.631. The Hall–Kier alpha value is -0.540. The SMILES string of the molecule is CN1C(=S)CC2CC1(C)Sc1ccccc12. The Morgan fingerprint density at radius 3 is 3.00 bits per heavy atom. The number of likely N-dealkylation sites (tertiary alicyclic amines) is 1. The third-order valence-corrected chi connectivity index (χ3v) is 5.73. The van der Waals surface area contributed by atoms with E-state index < -0.39 is 0 Å². The fourth-order valence-corrected chi connectivity index (χ4v) is 4.72. The summed E-state index contributed by atoms with van der Waals surface area (Å²) in [4.78, 5) is 5.00. The van der Waals surface area contributed by atoms with Gasteiger partial charge in [0.05, 0.1) is 9.86 Å². The van der Waals surface area contributed by atoms with Gasteiger partial charge < -0.3 is 4.90 Å². The first-order valence-electron chi connectivity index (χ1n) is 5.65. The Balaban J connectivity index is 2.11. The van der Waals surface area contributed by atoms with E-state index in [2.05, 4.69) is 43.1 Å². The lowest BCUT2D eigenvalue weighted by molar-refractivity contribution is 0.271. The van der Waals surface area contributed by atoms with Gasteiger partial charge in [0.25, 0.3) is 0 Å². The topological polar surface area (TPSA) is 3.24 Å². The molecule has 16 heavy (non-hydrogen) atoms. The second kappa shape index (κ2) is 3.47. The van der Waals surface area contributed by atoms with Crippen LogP contribution in [0, 0.1) is 0 Å². The highest BCUT2D eigenvalue weighted by Gasteiger charge is 2.44. The van der Waals surface area contributed by atoms with E-state index in [0.717, 1.165) is 11.4 Å². The molecule has 1 fully saturated rings. The number of hydrogen-bond donors (Lipinski definition) is 0. The summed E-state index contributed by atoms with van der Waals surface area (Å²) >= 11 is 7.46. The number of hydrogen-bond acceptors (Lipinski definition) is 2. The number of benzene rings is 1. The van der Waals surface area contributed by atoms with Crippen molar-refractivity contribution in [2.24, 2.45) is 0 Å². The van der Waals surface area contributed by atoms with Gasteiger partial charge in [0.2, 0.25) is 0 Å². The van der Waals surface area contributed by atoms with Crippen LogP contribution in [0.25, 0.3) is 0 Å². The largest absolute Gasteiger partial charge is 0.354 e. The highest BCUT2D eigenvalue weighted by molar-refractivity contribution is 8.00. The van der Waals surface area contributed by atoms with Crippen molar-refractivity contribution >= 4 is 29.0 Å². The first kappa shape index (κ1) is 10.6. The van der Waals surface area contributed by atoms with Crippen LogP contribution in [0.4, 0.5) is 0 Å². The number of rotatable bonds is 0. The fourth-order valence-electron chi connectivity index (χ4n) is 2.76. The van der Waals surface area contributed by atoms with E-state index >= 15 is 0 Å². The molecule has 2 bridgehead atoms. The molecule has 0 radical (unpaired) electrons.